The molecule has 0 spiro atoms. The molecule has 1 aliphatic rings. The standard InChI is InChI=1S/C21H28Cl3N5/c1-20(2,3)15-9-7-14(8-10-15)17-26-18(21(22,23)24)28-19(27-17)25-12-11-16-6-5-13-29(16)4/h7-10,16H,5-6,11-13H2,1-4H3,(H,25,26,27,28). The van der Waals surface area contributed by atoms with Crippen LogP contribution in [0, 0.1) is 0 Å². The summed E-state index contributed by atoms with van der Waals surface area (Å²) in [5.41, 5.74) is 2.16. The van der Waals surface area contributed by atoms with Gasteiger partial charge in [0.25, 0.3) is 0 Å². The summed E-state index contributed by atoms with van der Waals surface area (Å²) in [6.45, 7) is 8.43. The van der Waals surface area contributed by atoms with Gasteiger partial charge >= 0.3 is 0 Å². The largest absolute Gasteiger partial charge is 0.354 e. The topological polar surface area (TPSA) is 53.9 Å². The first-order chi connectivity index (χ1) is 13.5. The Morgan fingerprint density at radius 2 is 1.76 bits per heavy atom. The number of nitrogens with zero attached hydrogens (tertiary/aromatic N) is 4. The molecule has 1 saturated heterocycles. The first kappa shape index (κ1) is 22.5. The summed E-state index contributed by atoms with van der Waals surface area (Å²) in [7, 11) is 2.17. The van der Waals surface area contributed by atoms with Gasteiger partial charge in [-0.1, -0.05) is 79.8 Å². The van der Waals surface area contributed by atoms with Gasteiger partial charge in [0.2, 0.25) is 9.74 Å². The van der Waals surface area contributed by atoms with Gasteiger partial charge in [-0.3, -0.25) is 0 Å². The fraction of sp³-hybridized carbons (Fsp3) is 0.571. The van der Waals surface area contributed by atoms with Crippen LogP contribution in [0.5, 0.6) is 0 Å². The second kappa shape index (κ2) is 8.93. The van der Waals surface area contributed by atoms with Gasteiger partial charge in [0.05, 0.1) is 0 Å². The summed E-state index contributed by atoms with van der Waals surface area (Å²) in [5.74, 6) is 1.03. The molecule has 2 aromatic rings. The van der Waals surface area contributed by atoms with Crippen LogP contribution in [0.15, 0.2) is 24.3 Å². The summed E-state index contributed by atoms with van der Waals surface area (Å²) >= 11 is 18.2. The number of aromatic nitrogens is 3. The molecule has 158 valence electrons. The molecule has 1 unspecified atom stereocenters. The van der Waals surface area contributed by atoms with E-state index >= 15 is 0 Å². The Morgan fingerprint density at radius 1 is 1.07 bits per heavy atom. The van der Waals surface area contributed by atoms with Crippen LogP contribution < -0.4 is 5.32 Å². The minimum absolute atomic E-state index is 0.0699. The number of halogens is 3. The van der Waals surface area contributed by atoms with Crippen molar-refractivity contribution in [1.82, 2.24) is 19.9 Å². The van der Waals surface area contributed by atoms with Crippen molar-refractivity contribution in [2.24, 2.45) is 0 Å². The van der Waals surface area contributed by atoms with Gasteiger partial charge in [0.1, 0.15) is 0 Å². The SMILES string of the molecule is CN1CCCC1CCNc1nc(-c2ccc(C(C)(C)C)cc2)nc(C(Cl)(Cl)Cl)n1. The van der Waals surface area contributed by atoms with Crippen LogP contribution in [0.4, 0.5) is 5.95 Å². The third-order valence-electron chi connectivity index (χ3n) is 5.33. The molecule has 0 radical (unpaired) electrons. The van der Waals surface area contributed by atoms with Crippen LogP contribution in [0.25, 0.3) is 11.4 Å². The van der Waals surface area contributed by atoms with E-state index in [0.29, 0.717) is 17.8 Å². The molecule has 1 aromatic heterocycles. The molecular formula is C21H28Cl3N5. The summed E-state index contributed by atoms with van der Waals surface area (Å²) in [5, 5.41) is 3.29. The average Bonchev–Trinajstić information content (AvgIpc) is 3.05. The number of nitrogens with one attached hydrogen (secondary N) is 1. The molecule has 2 heterocycles. The van der Waals surface area contributed by atoms with Crippen molar-refractivity contribution in [2.45, 2.75) is 55.3 Å². The Kier molecular flexibility index (Phi) is 6.94. The number of hydrogen-bond acceptors (Lipinski definition) is 5. The van der Waals surface area contributed by atoms with Gasteiger partial charge in [-0.15, -0.1) is 0 Å². The summed E-state index contributed by atoms with van der Waals surface area (Å²) in [6, 6.07) is 8.74. The molecular weight excluding hydrogens is 429 g/mol. The summed E-state index contributed by atoms with van der Waals surface area (Å²) in [4.78, 5) is 15.7. The molecule has 1 aliphatic heterocycles. The zero-order valence-corrected chi connectivity index (χ0v) is 19.6. The van der Waals surface area contributed by atoms with Crippen molar-refractivity contribution in [3.8, 4) is 11.4 Å². The van der Waals surface area contributed by atoms with Crippen molar-refractivity contribution >= 4 is 40.8 Å². The first-order valence-electron chi connectivity index (χ1n) is 9.92. The number of anilines is 1. The lowest BCUT2D eigenvalue weighted by Crippen LogP contribution is -2.27. The maximum Gasteiger partial charge on any atom is 0.250 e. The number of likely N-dealkylation sites (tertiary alicyclic amines) is 1. The molecule has 1 fully saturated rings. The molecule has 1 N–H and O–H groups in total. The highest BCUT2D eigenvalue weighted by molar-refractivity contribution is 6.66. The minimum Gasteiger partial charge on any atom is -0.354 e. The van der Waals surface area contributed by atoms with E-state index in [4.69, 9.17) is 34.8 Å². The van der Waals surface area contributed by atoms with Gasteiger partial charge in [0.15, 0.2) is 11.6 Å². The van der Waals surface area contributed by atoms with Crippen LogP contribution in [-0.4, -0.2) is 46.0 Å². The Morgan fingerprint density at radius 3 is 2.31 bits per heavy atom. The van der Waals surface area contributed by atoms with Crippen molar-refractivity contribution in [3.63, 3.8) is 0 Å². The second-order valence-electron chi connectivity index (χ2n) is 8.62. The zero-order valence-electron chi connectivity index (χ0n) is 17.3. The molecule has 5 nitrogen and oxygen atoms in total. The Bertz CT molecular complexity index is 828. The Labute approximate surface area is 188 Å². The quantitative estimate of drug-likeness (QED) is 0.597. The highest BCUT2D eigenvalue weighted by Gasteiger charge is 2.29. The lowest BCUT2D eigenvalue weighted by Gasteiger charge is -2.20. The first-order valence-corrected chi connectivity index (χ1v) is 11.1. The van der Waals surface area contributed by atoms with E-state index in [0.717, 1.165) is 25.1 Å². The predicted octanol–water partition coefficient (Wildman–Crippen LogP) is 5.56. The van der Waals surface area contributed by atoms with Crippen LogP contribution in [-0.2, 0) is 9.21 Å². The highest BCUT2D eigenvalue weighted by atomic mass is 35.6. The van der Waals surface area contributed by atoms with E-state index in [1.165, 1.54) is 18.4 Å². The second-order valence-corrected chi connectivity index (χ2v) is 10.9. The molecule has 3 rings (SSSR count). The smallest absolute Gasteiger partial charge is 0.250 e. The monoisotopic (exact) mass is 455 g/mol. The van der Waals surface area contributed by atoms with Crippen LogP contribution in [0.3, 0.4) is 0 Å². The molecule has 8 heteroatoms. The lowest BCUT2D eigenvalue weighted by atomic mass is 9.87. The number of rotatable bonds is 5. The van der Waals surface area contributed by atoms with E-state index in [1.54, 1.807) is 0 Å². The maximum absolute atomic E-state index is 6.08. The summed E-state index contributed by atoms with van der Waals surface area (Å²) in [6.07, 6.45) is 3.49. The predicted molar refractivity (Wildman–Crippen MR) is 122 cm³/mol. The van der Waals surface area contributed by atoms with Gasteiger partial charge < -0.3 is 10.2 Å². The molecule has 0 saturated carbocycles. The van der Waals surface area contributed by atoms with Crippen molar-refractivity contribution in [3.05, 3.63) is 35.7 Å². The van der Waals surface area contributed by atoms with E-state index in [2.05, 4.69) is 65.1 Å². The van der Waals surface area contributed by atoms with Gasteiger partial charge in [0, 0.05) is 18.2 Å². The third kappa shape index (κ3) is 5.94. The maximum atomic E-state index is 6.08. The van der Waals surface area contributed by atoms with Crippen molar-refractivity contribution in [2.75, 3.05) is 25.5 Å². The van der Waals surface area contributed by atoms with Gasteiger partial charge in [-0.2, -0.15) is 9.97 Å². The van der Waals surface area contributed by atoms with Gasteiger partial charge in [-0.05, 0) is 43.8 Å². The van der Waals surface area contributed by atoms with Crippen molar-refractivity contribution < 1.29 is 0 Å². The molecule has 29 heavy (non-hydrogen) atoms. The number of benzene rings is 1. The van der Waals surface area contributed by atoms with E-state index in [9.17, 15) is 0 Å². The van der Waals surface area contributed by atoms with Crippen LogP contribution >= 0.6 is 34.8 Å². The van der Waals surface area contributed by atoms with E-state index in [1.807, 2.05) is 12.1 Å². The fourth-order valence-corrected chi connectivity index (χ4v) is 3.78. The van der Waals surface area contributed by atoms with E-state index in [-0.39, 0.29) is 11.2 Å². The Balaban J connectivity index is 1.82. The zero-order chi connectivity index (χ0) is 21.2. The van der Waals surface area contributed by atoms with Gasteiger partial charge in [-0.25, -0.2) is 4.98 Å². The molecule has 1 aromatic carbocycles. The summed E-state index contributed by atoms with van der Waals surface area (Å²) < 4.78 is -1.72. The number of alkyl halides is 3. The average molecular weight is 457 g/mol. The highest BCUT2D eigenvalue weighted by Crippen LogP contribution is 2.37. The Hall–Kier alpha value is -1.14. The molecule has 1 atom stereocenters. The fourth-order valence-electron chi connectivity index (χ4n) is 3.52. The van der Waals surface area contributed by atoms with Crippen LogP contribution in [0.2, 0.25) is 0 Å². The van der Waals surface area contributed by atoms with Crippen molar-refractivity contribution in [1.29, 1.82) is 0 Å². The third-order valence-corrected chi connectivity index (χ3v) is 5.84. The van der Waals surface area contributed by atoms with E-state index < -0.39 is 3.79 Å². The molecule has 0 bridgehead atoms. The molecule has 0 aliphatic carbocycles. The van der Waals surface area contributed by atoms with Crippen LogP contribution in [0.1, 0.15) is 51.4 Å². The number of hydrogen-bond donors (Lipinski definition) is 1. The normalized spacial score (nSPS) is 18.2. The molecule has 0 amide bonds. The lowest BCUT2D eigenvalue weighted by molar-refractivity contribution is 0.301. The minimum atomic E-state index is -1.72.